The van der Waals surface area contributed by atoms with E-state index >= 15 is 0 Å². The summed E-state index contributed by atoms with van der Waals surface area (Å²) in [7, 11) is 3.17. The highest BCUT2D eigenvalue weighted by Crippen LogP contribution is 2.02. The summed E-state index contributed by atoms with van der Waals surface area (Å²) in [5.74, 6) is -0.814. The van der Waals surface area contributed by atoms with Crippen molar-refractivity contribution in [3.8, 4) is 0 Å². The zero-order valence-electron chi connectivity index (χ0n) is 12.6. The highest BCUT2D eigenvalue weighted by atomic mass is 16.5. The molecular formula is C13H26N2O5. The minimum absolute atomic E-state index is 0.0607. The third-order valence-electron chi connectivity index (χ3n) is 2.82. The maximum atomic E-state index is 12.0. The lowest BCUT2D eigenvalue weighted by Gasteiger charge is -2.24. The van der Waals surface area contributed by atoms with E-state index in [2.05, 4.69) is 5.32 Å². The first kappa shape index (κ1) is 18.7. The van der Waals surface area contributed by atoms with Gasteiger partial charge in [-0.05, 0) is 19.8 Å². The summed E-state index contributed by atoms with van der Waals surface area (Å²) in [6, 6.07) is -0.239. The molecule has 7 heteroatoms. The zero-order chi connectivity index (χ0) is 15.4. The molecule has 20 heavy (non-hydrogen) atoms. The molecule has 0 saturated carbocycles. The minimum atomic E-state index is -0.814. The largest absolute Gasteiger partial charge is 0.481 e. The van der Waals surface area contributed by atoms with Gasteiger partial charge in [-0.25, -0.2) is 4.79 Å². The molecule has 0 rings (SSSR count). The molecule has 118 valence electrons. The second-order valence-corrected chi connectivity index (χ2v) is 4.61. The maximum Gasteiger partial charge on any atom is 0.317 e. The molecule has 0 aliphatic rings. The van der Waals surface area contributed by atoms with Crippen LogP contribution in [-0.2, 0) is 14.3 Å². The first-order valence-electron chi connectivity index (χ1n) is 6.76. The summed E-state index contributed by atoms with van der Waals surface area (Å²) in [6.45, 7) is 3.78. The number of rotatable bonds is 11. The van der Waals surface area contributed by atoms with Crippen LogP contribution in [0, 0.1) is 0 Å². The van der Waals surface area contributed by atoms with Gasteiger partial charge in [0.1, 0.15) is 0 Å². The average molecular weight is 290 g/mol. The predicted molar refractivity (Wildman–Crippen MR) is 74.8 cm³/mol. The van der Waals surface area contributed by atoms with E-state index in [1.807, 2.05) is 6.92 Å². The van der Waals surface area contributed by atoms with Gasteiger partial charge in [0.25, 0.3) is 0 Å². The molecule has 0 saturated heterocycles. The second kappa shape index (κ2) is 11.5. The number of ether oxygens (including phenoxy) is 2. The van der Waals surface area contributed by atoms with E-state index in [9.17, 15) is 9.59 Å². The van der Waals surface area contributed by atoms with Gasteiger partial charge >= 0.3 is 12.0 Å². The van der Waals surface area contributed by atoms with Crippen LogP contribution < -0.4 is 5.32 Å². The normalized spacial score (nSPS) is 11.9. The molecule has 2 amide bonds. The lowest BCUT2D eigenvalue weighted by atomic mass is 10.1. The van der Waals surface area contributed by atoms with Crippen LogP contribution in [0.5, 0.6) is 0 Å². The van der Waals surface area contributed by atoms with Gasteiger partial charge < -0.3 is 24.8 Å². The van der Waals surface area contributed by atoms with Crippen molar-refractivity contribution < 1.29 is 24.2 Å². The van der Waals surface area contributed by atoms with Crippen LogP contribution in [0.15, 0.2) is 0 Å². The van der Waals surface area contributed by atoms with E-state index in [1.54, 1.807) is 19.1 Å². The number of carbonyl (C=O) groups excluding carboxylic acids is 1. The molecule has 0 aromatic heterocycles. The maximum absolute atomic E-state index is 12.0. The quantitative estimate of drug-likeness (QED) is 0.591. The van der Waals surface area contributed by atoms with E-state index in [-0.39, 0.29) is 18.5 Å². The van der Waals surface area contributed by atoms with Crippen molar-refractivity contribution in [2.75, 3.05) is 40.5 Å². The molecule has 0 aliphatic heterocycles. The summed E-state index contributed by atoms with van der Waals surface area (Å²) >= 11 is 0. The smallest absolute Gasteiger partial charge is 0.317 e. The Morgan fingerprint density at radius 1 is 1.20 bits per heavy atom. The summed E-state index contributed by atoms with van der Waals surface area (Å²) in [5.41, 5.74) is 0. The molecule has 0 aromatic carbocycles. The summed E-state index contributed by atoms with van der Waals surface area (Å²) in [4.78, 5) is 24.1. The monoisotopic (exact) mass is 290 g/mol. The van der Waals surface area contributed by atoms with Crippen LogP contribution in [0.3, 0.4) is 0 Å². The van der Waals surface area contributed by atoms with Crippen LogP contribution in [-0.4, -0.2) is 68.6 Å². The standard InChI is InChI=1S/C13H26N2O5/c1-11(5-4-6-12(16)17)14-13(18)15(7-9-19-2)8-10-20-3/h11H,4-10H2,1-3H3,(H,14,18)(H,16,17). The fourth-order valence-electron chi connectivity index (χ4n) is 1.65. The third kappa shape index (κ3) is 9.57. The summed E-state index contributed by atoms with van der Waals surface area (Å²) in [5, 5.41) is 11.4. The van der Waals surface area contributed by atoms with Crippen molar-refractivity contribution in [3.63, 3.8) is 0 Å². The Labute approximate surface area is 120 Å². The van der Waals surface area contributed by atoms with Gasteiger partial charge in [-0.1, -0.05) is 0 Å². The Morgan fingerprint density at radius 2 is 1.75 bits per heavy atom. The van der Waals surface area contributed by atoms with Gasteiger partial charge in [0, 0.05) is 39.8 Å². The number of nitrogens with one attached hydrogen (secondary N) is 1. The molecule has 1 atom stereocenters. The van der Waals surface area contributed by atoms with E-state index in [0.717, 1.165) is 0 Å². The lowest BCUT2D eigenvalue weighted by Crippen LogP contribution is -2.46. The number of methoxy groups -OCH3 is 2. The average Bonchev–Trinajstić information content (AvgIpc) is 2.38. The number of urea groups is 1. The van der Waals surface area contributed by atoms with E-state index in [0.29, 0.717) is 39.1 Å². The number of hydrogen-bond donors (Lipinski definition) is 2. The molecule has 0 heterocycles. The molecular weight excluding hydrogens is 264 g/mol. The topological polar surface area (TPSA) is 88.1 Å². The highest BCUT2D eigenvalue weighted by molar-refractivity contribution is 5.74. The fraction of sp³-hybridized carbons (Fsp3) is 0.846. The van der Waals surface area contributed by atoms with Crippen LogP contribution in [0.2, 0.25) is 0 Å². The van der Waals surface area contributed by atoms with Gasteiger partial charge in [0.05, 0.1) is 13.2 Å². The van der Waals surface area contributed by atoms with Crippen molar-refractivity contribution >= 4 is 12.0 Å². The Hall–Kier alpha value is -1.34. The van der Waals surface area contributed by atoms with Gasteiger partial charge in [-0.2, -0.15) is 0 Å². The van der Waals surface area contributed by atoms with Crippen LogP contribution >= 0.6 is 0 Å². The van der Waals surface area contributed by atoms with Gasteiger partial charge in [-0.3, -0.25) is 4.79 Å². The molecule has 7 nitrogen and oxygen atoms in total. The number of nitrogens with zero attached hydrogens (tertiary/aromatic N) is 1. The molecule has 0 aromatic rings. The minimum Gasteiger partial charge on any atom is -0.481 e. The third-order valence-corrected chi connectivity index (χ3v) is 2.82. The number of aliphatic carboxylic acids is 1. The zero-order valence-corrected chi connectivity index (χ0v) is 12.6. The Bertz CT molecular complexity index is 278. The summed E-state index contributed by atoms with van der Waals surface area (Å²) < 4.78 is 9.94. The first-order valence-corrected chi connectivity index (χ1v) is 6.76. The molecule has 0 aliphatic carbocycles. The Morgan fingerprint density at radius 3 is 2.20 bits per heavy atom. The molecule has 0 radical (unpaired) electrons. The van der Waals surface area contributed by atoms with Crippen LogP contribution in [0.1, 0.15) is 26.2 Å². The molecule has 0 bridgehead atoms. The Balaban J connectivity index is 4.10. The van der Waals surface area contributed by atoms with Gasteiger partial charge in [0.2, 0.25) is 0 Å². The van der Waals surface area contributed by atoms with Crippen molar-refractivity contribution in [3.05, 3.63) is 0 Å². The molecule has 2 N–H and O–H groups in total. The first-order chi connectivity index (χ1) is 9.51. The highest BCUT2D eigenvalue weighted by Gasteiger charge is 2.15. The molecule has 0 fully saturated rings. The van der Waals surface area contributed by atoms with E-state index < -0.39 is 5.97 Å². The second-order valence-electron chi connectivity index (χ2n) is 4.61. The number of carboxylic acid groups (broad SMARTS) is 1. The number of hydrogen-bond acceptors (Lipinski definition) is 4. The predicted octanol–water partition coefficient (Wildman–Crippen LogP) is 0.934. The number of amides is 2. The van der Waals surface area contributed by atoms with Crippen molar-refractivity contribution in [1.29, 1.82) is 0 Å². The molecule has 1 unspecified atom stereocenters. The fourth-order valence-corrected chi connectivity index (χ4v) is 1.65. The summed E-state index contributed by atoms with van der Waals surface area (Å²) in [6.07, 6.45) is 1.31. The number of carbonyl (C=O) groups is 2. The SMILES string of the molecule is COCCN(CCOC)C(=O)NC(C)CCCC(=O)O. The van der Waals surface area contributed by atoms with Crippen molar-refractivity contribution in [1.82, 2.24) is 10.2 Å². The number of carboxylic acids is 1. The van der Waals surface area contributed by atoms with Crippen molar-refractivity contribution in [2.24, 2.45) is 0 Å². The van der Waals surface area contributed by atoms with E-state index in [4.69, 9.17) is 14.6 Å². The van der Waals surface area contributed by atoms with Gasteiger partial charge in [0.15, 0.2) is 0 Å². The van der Waals surface area contributed by atoms with Crippen LogP contribution in [0.25, 0.3) is 0 Å². The lowest BCUT2D eigenvalue weighted by molar-refractivity contribution is -0.137. The van der Waals surface area contributed by atoms with Crippen LogP contribution in [0.4, 0.5) is 4.79 Å². The molecule has 0 spiro atoms. The van der Waals surface area contributed by atoms with Gasteiger partial charge in [-0.15, -0.1) is 0 Å². The van der Waals surface area contributed by atoms with Crippen molar-refractivity contribution in [2.45, 2.75) is 32.2 Å². The van der Waals surface area contributed by atoms with E-state index in [1.165, 1.54) is 0 Å². The Kier molecular flexibility index (Phi) is 10.7.